The van der Waals surface area contributed by atoms with Crippen molar-refractivity contribution in [1.29, 1.82) is 0 Å². The van der Waals surface area contributed by atoms with Crippen LogP contribution in [0.5, 0.6) is 11.5 Å². The summed E-state index contributed by atoms with van der Waals surface area (Å²) in [6, 6.07) is 14.7. The number of rotatable bonds is 5. The van der Waals surface area contributed by atoms with Gasteiger partial charge in [-0.25, -0.2) is 23.1 Å². The van der Waals surface area contributed by atoms with E-state index in [1.807, 2.05) is 30.3 Å². The minimum atomic E-state index is -3.67. The van der Waals surface area contributed by atoms with E-state index in [1.54, 1.807) is 16.8 Å². The summed E-state index contributed by atoms with van der Waals surface area (Å²) in [6.07, 6.45) is 1.15. The van der Waals surface area contributed by atoms with Gasteiger partial charge in [-0.1, -0.05) is 47.1 Å². The van der Waals surface area contributed by atoms with Crippen LogP contribution in [0.4, 0.5) is 0 Å². The Bertz CT molecular complexity index is 1520. The summed E-state index contributed by atoms with van der Waals surface area (Å²) >= 11 is 6.44. The minimum absolute atomic E-state index is 0.0290. The fourth-order valence-electron chi connectivity index (χ4n) is 4.57. The zero-order valence-electron chi connectivity index (χ0n) is 19.2. The number of fused-ring (bicyclic) bond motifs is 2. The van der Waals surface area contributed by atoms with E-state index in [0.717, 1.165) is 5.56 Å². The Balaban J connectivity index is 1.21. The lowest BCUT2D eigenvalue weighted by molar-refractivity contribution is 0.171. The van der Waals surface area contributed by atoms with Crippen molar-refractivity contribution in [3.05, 3.63) is 65.1 Å². The maximum Gasteiger partial charge on any atom is 0.243 e. The van der Waals surface area contributed by atoms with Crippen LogP contribution in [0, 0.1) is 0 Å². The van der Waals surface area contributed by atoms with Gasteiger partial charge in [-0.2, -0.15) is 4.31 Å². The third kappa shape index (κ3) is 4.27. The Hall–Kier alpha value is -3.28. The first-order valence-electron chi connectivity index (χ1n) is 11.7. The number of sulfonamides is 1. The molecule has 0 N–H and O–H groups in total. The molecule has 2 aromatic heterocycles. The van der Waals surface area contributed by atoms with Gasteiger partial charge in [-0.15, -0.1) is 5.10 Å². The molecule has 0 spiro atoms. The fourth-order valence-corrected chi connectivity index (χ4v) is 6.27. The average Bonchev–Trinajstić information content (AvgIpc) is 3.32. The van der Waals surface area contributed by atoms with Crippen molar-refractivity contribution in [3.8, 4) is 11.5 Å². The average molecular weight is 527 g/mol. The second kappa shape index (κ2) is 9.30. The van der Waals surface area contributed by atoms with Crippen LogP contribution in [0.2, 0.25) is 5.15 Å². The van der Waals surface area contributed by atoms with Crippen LogP contribution in [-0.4, -0.2) is 64.0 Å². The molecule has 2 aliphatic rings. The molecule has 0 atom stereocenters. The minimum Gasteiger partial charge on any atom is -0.486 e. The lowest BCUT2D eigenvalue weighted by Crippen LogP contribution is -2.38. The zero-order valence-corrected chi connectivity index (χ0v) is 20.8. The molecule has 0 aliphatic carbocycles. The highest BCUT2D eigenvalue weighted by Gasteiger charge is 2.32. The molecule has 2 aliphatic heterocycles. The van der Waals surface area contributed by atoms with E-state index < -0.39 is 10.0 Å². The molecule has 36 heavy (non-hydrogen) atoms. The molecule has 6 rings (SSSR count). The van der Waals surface area contributed by atoms with Crippen LogP contribution < -0.4 is 9.47 Å². The van der Waals surface area contributed by atoms with Crippen molar-refractivity contribution >= 4 is 32.8 Å². The molecule has 10 nitrogen and oxygen atoms in total. The zero-order chi connectivity index (χ0) is 24.7. The lowest BCUT2D eigenvalue weighted by Gasteiger charge is -2.30. The van der Waals surface area contributed by atoms with Crippen molar-refractivity contribution < 1.29 is 17.9 Å². The highest BCUT2D eigenvalue weighted by atomic mass is 35.5. The smallest absolute Gasteiger partial charge is 0.243 e. The molecular formula is C24H23ClN6O4S. The van der Waals surface area contributed by atoms with E-state index in [2.05, 4.69) is 15.3 Å². The summed E-state index contributed by atoms with van der Waals surface area (Å²) in [6.45, 7) is 2.06. The van der Waals surface area contributed by atoms with Crippen molar-refractivity contribution in [3.63, 3.8) is 0 Å². The normalized spacial score (nSPS) is 16.9. The van der Waals surface area contributed by atoms with Crippen molar-refractivity contribution in [2.45, 2.75) is 30.2 Å². The van der Waals surface area contributed by atoms with Crippen molar-refractivity contribution in [2.24, 2.45) is 0 Å². The summed E-state index contributed by atoms with van der Waals surface area (Å²) in [5, 5.41) is 8.63. The number of piperidine rings is 1. The quantitative estimate of drug-likeness (QED) is 0.364. The van der Waals surface area contributed by atoms with Crippen LogP contribution in [0.25, 0.3) is 11.2 Å². The Morgan fingerprint density at radius 3 is 2.50 bits per heavy atom. The number of ether oxygens (including phenoxy) is 2. The predicted molar refractivity (Wildman–Crippen MR) is 132 cm³/mol. The third-order valence-corrected chi connectivity index (χ3v) is 8.64. The molecule has 4 heterocycles. The molecule has 0 radical (unpaired) electrons. The molecule has 1 saturated heterocycles. The second-order valence-electron chi connectivity index (χ2n) is 8.76. The number of benzene rings is 2. The molecule has 0 amide bonds. The van der Waals surface area contributed by atoms with Gasteiger partial charge in [0.2, 0.25) is 10.0 Å². The summed E-state index contributed by atoms with van der Waals surface area (Å²) in [7, 11) is -3.67. The SMILES string of the molecule is O=S(=O)(c1ccc2c(c1)OCCO2)N1CCC(c2nc(Cl)c3nnn(Cc4ccccc4)c3n2)CC1. The molecule has 0 saturated carbocycles. The maximum absolute atomic E-state index is 13.3. The third-order valence-electron chi connectivity index (χ3n) is 6.48. The Kier molecular flexibility index (Phi) is 5.98. The molecular weight excluding hydrogens is 504 g/mol. The van der Waals surface area contributed by atoms with Crippen molar-refractivity contribution in [1.82, 2.24) is 29.3 Å². The topological polar surface area (TPSA) is 112 Å². The fraction of sp³-hybridized carbons (Fsp3) is 0.333. The molecule has 186 valence electrons. The van der Waals surface area contributed by atoms with E-state index in [1.165, 1.54) is 10.4 Å². The van der Waals surface area contributed by atoms with Crippen LogP contribution in [0.1, 0.15) is 30.1 Å². The van der Waals surface area contributed by atoms with Crippen LogP contribution in [0.15, 0.2) is 53.4 Å². The standard InChI is InChI=1S/C24H23ClN6O4S/c25-22-21-24(31(29-28-21)15-16-4-2-1-3-5-16)27-23(26-22)17-8-10-30(11-9-17)36(32,33)18-6-7-19-20(14-18)35-13-12-34-19/h1-7,14,17H,8-13,15H2. The lowest BCUT2D eigenvalue weighted by atomic mass is 9.97. The van der Waals surface area contributed by atoms with Gasteiger partial charge in [0.05, 0.1) is 11.4 Å². The largest absolute Gasteiger partial charge is 0.486 e. The summed E-state index contributed by atoms with van der Waals surface area (Å²) < 4.78 is 40.8. The van der Waals surface area contributed by atoms with Crippen molar-refractivity contribution in [2.75, 3.05) is 26.3 Å². The molecule has 0 bridgehead atoms. The van der Waals surface area contributed by atoms with Gasteiger partial charge >= 0.3 is 0 Å². The van der Waals surface area contributed by atoms with Crippen LogP contribution >= 0.6 is 11.6 Å². The molecule has 12 heteroatoms. The van der Waals surface area contributed by atoms with Crippen LogP contribution in [0.3, 0.4) is 0 Å². The Labute approximate surface area is 212 Å². The maximum atomic E-state index is 13.3. The Morgan fingerprint density at radius 1 is 0.972 bits per heavy atom. The van der Waals surface area contributed by atoms with E-state index in [4.69, 9.17) is 26.1 Å². The van der Waals surface area contributed by atoms with E-state index in [9.17, 15) is 8.42 Å². The summed E-state index contributed by atoms with van der Waals surface area (Å²) in [5.41, 5.74) is 2.09. The van der Waals surface area contributed by atoms with E-state index >= 15 is 0 Å². The molecule has 1 fully saturated rings. The van der Waals surface area contributed by atoms with E-state index in [-0.39, 0.29) is 16.0 Å². The Morgan fingerprint density at radius 2 is 1.72 bits per heavy atom. The number of hydrogen-bond donors (Lipinski definition) is 0. The van der Waals surface area contributed by atoms with Gasteiger partial charge < -0.3 is 9.47 Å². The summed E-state index contributed by atoms with van der Waals surface area (Å²) in [5.74, 6) is 1.57. The van der Waals surface area contributed by atoms with Gasteiger partial charge in [0.25, 0.3) is 0 Å². The number of halogens is 1. The molecule has 2 aromatic carbocycles. The molecule has 4 aromatic rings. The van der Waals surface area contributed by atoms with Gasteiger partial charge in [0.1, 0.15) is 19.0 Å². The monoisotopic (exact) mass is 526 g/mol. The van der Waals surface area contributed by atoms with E-state index in [0.29, 0.717) is 74.2 Å². The van der Waals surface area contributed by atoms with Gasteiger partial charge in [-0.05, 0) is 30.5 Å². The number of hydrogen-bond acceptors (Lipinski definition) is 8. The number of nitrogens with zero attached hydrogens (tertiary/aromatic N) is 6. The van der Waals surface area contributed by atoms with Gasteiger partial charge in [-0.3, -0.25) is 0 Å². The van der Waals surface area contributed by atoms with Gasteiger partial charge in [0.15, 0.2) is 27.8 Å². The second-order valence-corrected chi connectivity index (χ2v) is 11.1. The van der Waals surface area contributed by atoms with Crippen LogP contribution in [-0.2, 0) is 16.6 Å². The summed E-state index contributed by atoms with van der Waals surface area (Å²) in [4.78, 5) is 9.43. The highest BCUT2D eigenvalue weighted by Crippen LogP contribution is 2.35. The molecule has 0 unspecified atom stereocenters. The first-order chi connectivity index (χ1) is 17.5. The first kappa shape index (κ1) is 23.1. The predicted octanol–water partition coefficient (Wildman–Crippen LogP) is 3.26. The number of aromatic nitrogens is 5. The first-order valence-corrected chi connectivity index (χ1v) is 13.5. The highest BCUT2D eigenvalue weighted by molar-refractivity contribution is 7.89. The van der Waals surface area contributed by atoms with Gasteiger partial charge in [0, 0.05) is 25.1 Å².